The molecule has 0 aromatic rings. The minimum Gasteiger partial charge on any atom is -0.381 e. The lowest BCUT2D eigenvalue weighted by atomic mass is 10.0. The molecule has 0 heterocycles. The van der Waals surface area contributed by atoms with E-state index in [0.717, 1.165) is 48.7 Å². The van der Waals surface area contributed by atoms with Crippen molar-refractivity contribution in [3.05, 3.63) is 0 Å². The highest BCUT2D eigenvalue weighted by atomic mass is 32.2. The molecule has 0 saturated heterocycles. The van der Waals surface area contributed by atoms with Crippen LogP contribution in [-0.2, 0) is 62.1 Å². The van der Waals surface area contributed by atoms with Gasteiger partial charge in [0.2, 0.25) is 29.5 Å². The lowest BCUT2D eigenvalue weighted by molar-refractivity contribution is -0.128. The summed E-state index contributed by atoms with van der Waals surface area (Å²) in [4.78, 5) is 113. The molecule has 27 heteroatoms. The zero-order valence-corrected chi connectivity index (χ0v) is 48.6. The van der Waals surface area contributed by atoms with Crippen LogP contribution in [0.1, 0.15) is 103 Å². The highest BCUT2D eigenvalue weighted by Gasteiger charge is 2.24. The van der Waals surface area contributed by atoms with Crippen molar-refractivity contribution >= 4 is 131 Å². The number of primary amides is 1. The van der Waals surface area contributed by atoms with Crippen LogP contribution >= 0.6 is 47.0 Å². The maximum absolute atomic E-state index is 13.3. The third-order valence-electron chi connectivity index (χ3n) is 11.0. The van der Waals surface area contributed by atoms with Crippen LogP contribution in [-0.4, -0.2) is 214 Å². The fourth-order valence-electron chi connectivity index (χ4n) is 6.56. The minimum atomic E-state index is -0.794. The number of hydrogen-bond acceptors (Lipinski definition) is 18. The van der Waals surface area contributed by atoms with Gasteiger partial charge in [0.1, 0.15) is 11.8 Å². The van der Waals surface area contributed by atoms with E-state index in [1.54, 1.807) is 0 Å². The molecule has 8 radical (unpaired) electrons. The van der Waals surface area contributed by atoms with E-state index in [0.29, 0.717) is 87.0 Å². The quantitative estimate of drug-likeness (QED) is 0.0376. The summed E-state index contributed by atoms with van der Waals surface area (Å²) in [6, 6.07) is -2.94. The van der Waals surface area contributed by atoms with Crippen molar-refractivity contribution in [2.24, 2.45) is 11.5 Å². The van der Waals surface area contributed by atoms with Crippen LogP contribution in [0, 0.1) is 0 Å². The van der Waals surface area contributed by atoms with Crippen molar-refractivity contribution < 1.29 is 62.1 Å². The number of thioether (sulfide) groups is 4. The standard InChI is InChI=1S/C50H86B4N6O13S4/c51-17-5-29-74-34-39(57-46(65)13-25-70-21-1-9-38(61)33-55)43(62)10-2-22-71-26-14-47(66)58-40(35-75-30-6-18-52)44(63)11-3-23-72-27-15-48(67)59-41(36-76-31-7-19-53)45(64)12-4-24-73-28-16-49(68)60-42(50(56)69)37-77-32-8-20-54/h39-42H,1-37,55H2,(H2,56,69)(H,57,65)(H,58,66)(H,59,67)(H,60,68). The van der Waals surface area contributed by atoms with Crippen molar-refractivity contribution in [1.29, 1.82) is 0 Å². The van der Waals surface area contributed by atoms with Crippen LogP contribution in [0.15, 0.2) is 0 Å². The molecule has 0 bridgehead atoms. The Labute approximate surface area is 481 Å². The highest BCUT2D eigenvalue weighted by molar-refractivity contribution is 8.00. The Balaban J connectivity index is 4.82. The number of hydrogen-bond donors (Lipinski definition) is 6. The lowest BCUT2D eigenvalue weighted by Gasteiger charge is -2.18. The number of ketones is 4. The summed E-state index contributed by atoms with van der Waals surface area (Å²) in [7, 11) is 22.4. The number of ether oxygens (including phenoxy) is 4. The molecule has 0 fully saturated rings. The molecule has 5 amide bonds. The maximum Gasteiger partial charge on any atom is 0.240 e. The molecule has 8 N–H and O–H groups in total. The van der Waals surface area contributed by atoms with E-state index >= 15 is 0 Å². The van der Waals surface area contributed by atoms with E-state index in [9.17, 15) is 43.2 Å². The fraction of sp³-hybridized carbons (Fsp3) is 0.820. The van der Waals surface area contributed by atoms with Crippen molar-refractivity contribution in [2.75, 3.05) is 105 Å². The number of nitrogens with two attached hydrogens (primary N) is 2. The molecule has 0 saturated carbocycles. The molecule has 77 heavy (non-hydrogen) atoms. The second-order valence-electron chi connectivity index (χ2n) is 17.8. The Morgan fingerprint density at radius 3 is 0.883 bits per heavy atom. The highest BCUT2D eigenvalue weighted by Crippen LogP contribution is 2.13. The molecule has 0 aliphatic heterocycles. The third kappa shape index (κ3) is 44.9. The van der Waals surface area contributed by atoms with Gasteiger partial charge in [0.15, 0.2) is 17.3 Å². The van der Waals surface area contributed by atoms with Crippen LogP contribution < -0.4 is 32.7 Å². The van der Waals surface area contributed by atoms with E-state index in [1.165, 1.54) is 47.0 Å². The molecule has 0 rings (SSSR count). The lowest BCUT2D eigenvalue weighted by Crippen LogP contribution is -2.46. The van der Waals surface area contributed by atoms with Gasteiger partial charge in [0, 0.05) is 101 Å². The summed E-state index contributed by atoms with van der Waals surface area (Å²) in [6.45, 7) is 1.36. The average Bonchev–Trinajstić information content (AvgIpc) is 3.40. The van der Waals surface area contributed by atoms with Gasteiger partial charge < -0.3 is 51.7 Å². The third-order valence-corrected chi connectivity index (χ3v) is 15.5. The predicted molar refractivity (Wildman–Crippen MR) is 315 cm³/mol. The van der Waals surface area contributed by atoms with Gasteiger partial charge in [-0.1, -0.05) is 51.0 Å². The van der Waals surface area contributed by atoms with Crippen LogP contribution in [0.4, 0.5) is 0 Å². The van der Waals surface area contributed by atoms with E-state index in [-0.39, 0.29) is 145 Å². The van der Waals surface area contributed by atoms with Crippen molar-refractivity contribution in [3.63, 3.8) is 0 Å². The molecule has 0 aliphatic carbocycles. The summed E-state index contributed by atoms with van der Waals surface area (Å²) < 4.78 is 22.4. The van der Waals surface area contributed by atoms with Gasteiger partial charge in [-0.3, -0.25) is 43.2 Å². The van der Waals surface area contributed by atoms with E-state index in [4.69, 9.17) is 61.8 Å². The Morgan fingerprint density at radius 2 is 0.623 bits per heavy atom. The molecular weight excluding hydrogens is 1060 g/mol. The number of nitrogens with one attached hydrogen (secondary N) is 4. The summed E-state index contributed by atoms with van der Waals surface area (Å²) in [6.07, 6.45) is 7.67. The molecule has 430 valence electrons. The first-order valence-corrected chi connectivity index (χ1v) is 31.5. The van der Waals surface area contributed by atoms with E-state index < -0.39 is 30.1 Å². The monoisotopic (exact) mass is 1150 g/mol. The Morgan fingerprint density at radius 1 is 0.364 bits per heavy atom. The number of rotatable bonds is 57. The van der Waals surface area contributed by atoms with Crippen LogP contribution in [0.2, 0.25) is 25.3 Å². The smallest absolute Gasteiger partial charge is 0.240 e. The number of carbonyl (C=O) groups is 9. The Bertz CT molecular complexity index is 1660. The van der Waals surface area contributed by atoms with E-state index in [1.807, 2.05) is 0 Å². The van der Waals surface area contributed by atoms with Gasteiger partial charge in [-0.05, 0) is 48.7 Å². The van der Waals surface area contributed by atoms with Gasteiger partial charge in [-0.2, -0.15) is 47.0 Å². The molecule has 0 aromatic carbocycles. The van der Waals surface area contributed by atoms with Crippen molar-refractivity contribution in [2.45, 2.75) is 152 Å². The van der Waals surface area contributed by atoms with Gasteiger partial charge in [-0.25, -0.2) is 0 Å². The van der Waals surface area contributed by atoms with Crippen LogP contribution in [0.5, 0.6) is 0 Å². The first-order valence-electron chi connectivity index (χ1n) is 26.9. The van der Waals surface area contributed by atoms with Crippen LogP contribution in [0.25, 0.3) is 0 Å². The van der Waals surface area contributed by atoms with E-state index in [2.05, 4.69) is 21.3 Å². The van der Waals surface area contributed by atoms with Gasteiger partial charge in [0.25, 0.3) is 0 Å². The molecular formula is C50H86B4N6O13S4. The Hall–Kier alpha value is -2.51. The topological polar surface area (TPSA) is 291 Å². The molecule has 0 aromatic heterocycles. The predicted octanol–water partition coefficient (Wildman–Crippen LogP) is 2.23. The SMILES string of the molecule is [B]CCCSCC(NC(=O)CCOCCCC(=O)C(CSCCC[B])NC(=O)CCOCCCC(=O)C(CSCCC[B])NC(=O)CCOCCCC(=O)C(CSCCC[B])NC(=O)CCOCCCC(=O)CN)C(N)=O. The zero-order valence-electron chi connectivity index (χ0n) is 45.4. The van der Waals surface area contributed by atoms with Gasteiger partial charge in [0.05, 0.1) is 82.5 Å². The second-order valence-corrected chi connectivity index (χ2v) is 22.4. The zero-order chi connectivity index (χ0) is 57.2. The second kappa shape index (κ2) is 52.8. The first kappa shape index (κ1) is 74.5. The fourth-order valence-corrected chi connectivity index (χ4v) is 10.7. The molecule has 4 unspecified atom stereocenters. The van der Waals surface area contributed by atoms with Gasteiger partial charge in [-0.15, -0.1) is 0 Å². The average molecular weight is 1150 g/mol. The van der Waals surface area contributed by atoms with Crippen LogP contribution in [0.3, 0.4) is 0 Å². The Kier molecular flexibility index (Phi) is 51.1. The maximum atomic E-state index is 13.3. The normalized spacial score (nSPS) is 12.7. The summed E-state index contributed by atoms with van der Waals surface area (Å²) in [5.41, 5.74) is 10.7. The van der Waals surface area contributed by atoms with Gasteiger partial charge >= 0.3 is 0 Å². The molecule has 0 aliphatic rings. The number of Topliss-reactive ketones (excluding diaryl/α,β-unsaturated/α-hetero) is 4. The molecule has 4 atom stereocenters. The minimum absolute atomic E-state index is 0.00161. The summed E-state index contributed by atoms with van der Waals surface area (Å²) in [5, 5.41) is 11.1. The number of amides is 5. The summed E-state index contributed by atoms with van der Waals surface area (Å²) >= 11 is 6.06. The summed E-state index contributed by atoms with van der Waals surface area (Å²) in [5.74, 6) is 1.95. The first-order chi connectivity index (χ1) is 37.2. The number of carbonyl (C=O) groups excluding carboxylic acids is 9. The van der Waals surface area contributed by atoms with Crippen molar-refractivity contribution in [1.82, 2.24) is 21.3 Å². The molecule has 19 nitrogen and oxygen atoms in total. The largest absolute Gasteiger partial charge is 0.381 e. The molecule has 0 spiro atoms. The van der Waals surface area contributed by atoms with Crippen molar-refractivity contribution in [3.8, 4) is 0 Å².